The molecule has 2 aromatic rings. The number of fused-ring (bicyclic) bond motifs is 3. The Hall–Kier alpha value is -3.35. The van der Waals surface area contributed by atoms with Crippen LogP contribution < -0.4 is 5.32 Å². The van der Waals surface area contributed by atoms with E-state index in [0.717, 1.165) is 41.5 Å². The lowest BCUT2D eigenvalue weighted by atomic mass is 9.98. The van der Waals surface area contributed by atoms with Crippen LogP contribution >= 0.6 is 0 Å². The van der Waals surface area contributed by atoms with Crippen molar-refractivity contribution in [3.63, 3.8) is 0 Å². The minimum absolute atomic E-state index is 0.0333. The van der Waals surface area contributed by atoms with Crippen LogP contribution in [0.25, 0.3) is 11.1 Å². The van der Waals surface area contributed by atoms with Gasteiger partial charge in [0.15, 0.2) is 0 Å². The van der Waals surface area contributed by atoms with E-state index in [2.05, 4.69) is 29.6 Å². The summed E-state index contributed by atoms with van der Waals surface area (Å²) in [4.78, 5) is 38.1. The van der Waals surface area contributed by atoms with Crippen LogP contribution in [0, 0.1) is 5.92 Å². The normalized spacial score (nSPS) is 15.2. The first-order valence-corrected chi connectivity index (χ1v) is 12.1. The van der Waals surface area contributed by atoms with Crippen LogP contribution in [0.1, 0.15) is 56.1 Å². The monoisotopic (exact) mass is 464 g/mol. The van der Waals surface area contributed by atoms with Crippen molar-refractivity contribution in [3.8, 4) is 11.1 Å². The first-order chi connectivity index (χ1) is 16.5. The van der Waals surface area contributed by atoms with Crippen LogP contribution in [0.15, 0.2) is 48.5 Å². The molecule has 0 bridgehead atoms. The van der Waals surface area contributed by atoms with Gasteiger partial charge in [0.05, 0.1) is 0 Å². The maximum atomic E-state index is 12.8. The highest BCUT2D eigenvalue weighted by atomic mass is 16.5. The molecule has 0 spiro atoms. The van der Waals surface area contributed by atoms with Crippen molar-refractivity contribution in [2.24, 2.45) is 5.92 Å². The van der Waals surface area contributed by atoms with Crippen molar-refractivity contribution in [1.82, 2.24) is 10.2 Å². The Morgan fingerprint density at radius 1 is 1.06 bits per heavy atom. The third kappa shape index (κ3) is 5.76. The van der Waals surface area contributed by atoms with Gasteiger partial charge in [-0.15, -0.1) is 0 Å². The zero-order chi connectivity index (χ0) is 24.1. The number of benzene rings is 2. The minimum Gasteiger partial charge on any atom is -0.480 e. The lowest BCUT2D eigenvalue weighted by Crippen LogP contribution is -2.43. The Bertz CT molecular complexity index is 1000. The summed E-state index contributed by atoms with van der Waals surface area (Å²) in [6, 6.07) is 15.9. The first-order valence-electron chi connectivity index (χ1n) is 12.1. The number of hydrogen-bond acceptors (Lipinski definition) is 4. The molecule has 0 aliphatic heterocycles. The smallest absolute Gasteiger partial charge is 0.407 e. The van der Waals surface area contributed by atoms with Crippen LogP contribution in [0.2, 0.25) is 0 Å². The second kappa shape index (κ2) is 10.7. The van der Waals surface area contributed by atoms with E-state index in [4.69, 9.17) is 4.74 Å². The highest BCUT2D eigenvalue weighted by molar-refractivity contribution is 5.82. The summed E-state index contributed by atoms with van der Waals surface area (Å²) in [5.41, 5.74) is 4.61. The van der Waals surface area contributed by atoms with Crippen molar-refractivity contribution >= 4 is 18.0 Å². The molecular formula is C27H32N2O5. The SMILES string of the molecule is CCC[C@H](CC(=O)N(CC(=O)O)CC1CC1)NC(=O)OCC1c2ccccc2-c2ccccc21. The van der Waals surface area contributed by atoms with Crippen molar-refractivity contribution in [1.29, 1.82) is 0 Å². The molecule has 2 aromatic carbocycles. The van der Waals surface area contributed by atoms with Gasteiger partial charge < -0.3 is 20.1 Å². The molecule has 0 radical (unpaired) electrons. The maximum absolute atomic E-state index is 12.8. The number of nitrogens with one attached hydrogen (secondary N) is 1. The van der Waals surface area contributed by atoms with Crippen LogP contribution in [-0.2, 0) is 14.3 Å². The van der Waals surface area contributed by atoms with Gasteiger partial charge in [0.25, 0.3) is 0 Å². The van der Waals surface area contributed by atoms with E-state index in [0.29, 0.717) is 18.9 Å². The van der Waals surface area contributed by atoms with Gasteiger partial charge in [-0.05, 0) is 47.4 Å². The number of ether oxygens (including phenoxy) is 1. The topological polar surface area (TPSA) is 95.9 Å². The van der Waals surface area contributed by atoms with Crippen LogP contribution in [0.3, 0.4) is 0 Å². The molecule has 2 aliphatic carbocycles. The number of rotatable bonds is 11. The summed E-state index contributed by atoms with van der Waals surface area (Å²) < 4.78 is 5.63. The van der Waals surface area contributed by atoms with Gasteiger partial charge in [-0.1, -0.05) is 61.9 Å². The van der Waals surface area contributed by atoms with E-state index in [1.807, 2.05) is 31.2 Å². The Morgan fingerprint density at radius 2 is 1.68 bits per heavy atom. The molecule has 1 atom stereocenters. The molecule has 1 fully saturated rings. The third-order valence-electron chi connectivity index (χ3n) is 6.58. The molecule has 0 unspecified atom stereocenters. The van der Waals surface area contributed by atoms with E-state index in [-0.39, 0.29) is 31.4 Å². The van der Waals surface area contributed by atoms with Crippen LogP contribution in [0.5, 0.6) is 0 Å². The first kappa shape index (κ1) is 23.8. The van der Waals surface area contributed by atoms with Gasteiger partial charge in [0.2, 0.25) is 5.91 Å². The van der Waals surface area contributed by atoms with Gasteiger partial charge >= 0.3 is 12.1 Å². The van der Waals surface area contributed by atoms with Crippen LogP contribution in [0.4, 0.5) is 4.79 Å². The Labute approximate surface area is 200 Å². The van der Waals surface area contributed by atoms with E-state index in [1.54, 1.807) is 0 Å². The van der Waals surface area contributed by atoms with Gasteiger partial charge in [-0.3, -0.25) is 9.59 Å². The molecular weight excluding hydrogens is 432 g/mol. The number of hydrogen-bond donors (Lipinski definition) is 2. The number of carboxylic acid groups (broad SMARTS) is 1. The molecule has 1 saturated carbocycles. The fourth-order valence-corrected chi connectivity index (χ4v) is 4.75. The lowest BCUT2D eigenvalue weighted by Gasteiger charge is -2.24. The third-order valence-corrected chi connectivity index (χ3v) is 6.58. The number of carboxylic acids is 1. The van der Waals surface area contributed by atoms with Crippen molar-refractivity contribution in [3.05, 3.63) is 59.7 Å². The van der Waals surface area contributed by atoms with Crippen molar-refractivity contribution in [2.45, 2.75) is 51.0 Å². The quantitative estimate of drug-likeness (QED) is 0.514. The van der Waals surface area contributed by atoms with E-state index in [1.165, 1.54) is 4.90 Å². The Kier molecular flexibility index (Phi) is 7.50. The molecule has 34 heavy (non-hydrogen) atoms. The standard InChI is InChI=1S/C27H32N2O5/c1-2-7-19(14-25(30)29(16-26(31)32)15-18-12-13-18)28-27(33)34-17-24-22-10-5-3-8-20(22)21-9-4-6-11-23(21)24/h3-6,8-11,18-19,24H,2,7,12-17H2,1H3,(H,28,33)(H,31,32)/t19-/m1/s1. The second-order valence-corrected chi connectivity index (χ2v) is 9.27. The second-order valence-electron chi connectivity index (χ2n) is 9.27. The summed E-state index contributed by atoms with van der Waals surface area (Å²) in [5.74, 6) is -0.908. The summed E-state index contributed by atoms with van der Waals surface area (Å²) in [6.07, 6.45) is 2.96. The fourth-order valence-electron chi connectivity index (χ4n) is 4.75. The highest BCUT2D eigenvalue weighted by Crippen LogP contribution is 2.44. The molecule has 0 heterocycles. The zero-order valence-electron chi connectivity index (χ0n) is 19.5. The van der Waals surface area contributed by atoms with Crippen molar-refractivity contribution < 1.29 is 24.2 Å². The molecule has 2 N–H and O–H groups in total. The number of carbonyl (C=O) groups excluding carboxylic acids is 2. The van der Waals surface area contributed by atoms with Gasteiger partial charge in [-0.2, -0.15) is 0 Å². The Balaban J connectivity index is 1.36. The van der Waals surface area contributed by atoms with Crippen molar-refractivity contribution in [2.75, 3.05) is 19.7 Å². The number of carbonyl (C=O) groups is 3. The van der Waals surface area contributed by atoms with Gasteiger partial charge in [0, 0.05) is 24.9 Å². The summed E-state index contributed by atoms with van der Waals surface area (Å²) in [7, 11) is 0. The van der Waals surface area contributed by atoms with Gasteiger partial charge in [-0.25, -0.2) is 4.79 Å². The summed E-state index contributed by atoms with van der Waals surface area (Å²) in [6.45, 7) is 2.35. The lowest BCUT2D eigenvalue weighted by molar-refractivity contribution is -0.144. The van der Waals surface area contributed by atoms with E-state index >= 15 is 0 Å². The summed E-state index contributed by atoms with van der Waals surface area (Å²) in [5, 5.41) is 12.0. The highest BCUT2D eigenvalue weighted by Gasteiger charge is 2.31. The van der Waals surface area contributed by atoms with E-state index < -0.39 is 18.1 Å². The minimum atomic E-state index is -1.02. The molecule has 2 aliphatic rings. The van der Waals surface area contributed by atoms with Gasteiger partial charge in [0.1, 0.15) is 13.2 Å². The number of amides is 2. The predicted octanol–water partition coefficient (Wildman–Crippen LogP) is 4.41. The number of aliphatic carboxylic acids is 1. The average Bonchev–Trinajstić information content (AvgIpc) is 3.57. The largest absolute Gasteiger partial charge is 0.480 e. The molecule has 180 valence electrons. The molecule has 2 amide bonds. The van der Waals surface area contributed by atoms with E-state index in [9.17, 15) is 19.5 Å². The molecule has 0 saturated heterocycles. The maximum Gasteiger partial charge on any atom is 0.407 e. The average molecular weight is 465 g/mol. The molecule has 4 rings (SSSR count). The predicted molar refractivity (Wildman–Crippen MR) is 128 cm³/mol. The summed E-state index contributed by atoms with van der Waals surface area (Å²) >= 11 is 0. The zero-order valence-corrected chi connectivity index (χ0v) is 19.5. The fraction of sp³-hybridized carbons (Fsp3) is 0.444. The number of nitrogens with zero attached hydrogens (tertiary/aromatic N) is 1. The molecule has 7 heteroatoms. The number of alkyl carbamates (subject to hydrolysis) is 1. The molecule has 0 aromatic heterocycles. The van der Waals surface area contributed by atoms with Crippen LogP contribution in [-0.4, -0.2) is 53.7 Å². The molecule has 7 nitrogen and oxygen atoms in total. The Morgan fingerprint density at radius 3 is 2.24 bits per heavy atom.